The van der Waals surface area contributed by atoms with Crippen LogP contribution in [0, 0.1) is 17.8 Å². The van der Waals surface area contributed by atoms with Crippen LogP contribution in [0.3, 0.4) is 0 Å². The zero-order valence-corrected chi connectivity index (χ0v) is 14.1. The summed E-state index contributed by atoms with van der Waals surface area (Å²) < 4.78 is 0. The molecule has 0 spiro atoms. The second-order valence-electron chi connectivity index (χ2n) is 6.78. The molecule has 1 aliphatic heterocycles. The number of nitrogens with zero attached hydrogens (tertiary/aromatic N) is 3. The summed E-state index contributed by atoms with van der Waals surface area (Å²) in [6, 6.07) is 9.86. The number of fused-ring (bicyclic) bond motifs is 1. The molecule has 0 bridgehead atoms. The highest BCUT2D eigenvalue weighted by molar-refractivity contribution is 5.91. The molecular weight excluding hydrogens is 312 g/mol. The fourth-order valence-electron chi connectivity index (χ4n) is 3.87. The van der Waals surface area contributed by atoms with Crippen LogP contribution in [0.2, 0.25) is 0 Å². The van der Waals surface area contributed by atoms with Crippen molar-refractivity contribution in [3.8, 4) is 0 Å². The Morgan fingerprint density at radius 3 is 2.80 bits per heavy atom. The Bertz CT molecular complexity index is 735. The molecule has 3 heterocycles. The van der Waals surface area contributed by atoms with Crippen molar-refractivity contribution in [1.82, 2.24) is 15.3 Å². The fourth-order valence-corrected chi connectivity index (χ4v) is 3.87. The van der Waals surface area contributed by atoms with Crippen LogP contribution in [0.15, 0.2) is 55.0 Å². The smallest absolute Gasteiger partial charge is 0.244 e. The van der Waals surface area contributed by atoms with Crippen LogP contribution in [0.25, 0.3) is 6.08 Å². The predicted molar refractivity (Wildman–Crippen MR) is 97.8 cm³/mol. The SMILES string of the molecule is O=C(/C=C/c1cccnc1)NCCC1C2CN(c3ccccn3)CC12. The molecule has 2 aliphatic rings. The highest BCUT2D eigenvalue weighted by atomic mass is 16.1. The van der Waals surface area contributed by atoms with Crippen LogP contribution in [0.4, 0.5) is 5.82 Å². The molecule has 2 atom stereocenters. The maximum Gasteiger partial charge on any atom is 0.244 e. The largest absolute Gasteiger partial charge is 0.356 e. The van der Waals surface area contributed by atoms with Crippen molar-refractivity contribution in [1.29, 1.82) is 0 Å². The number of anilines is 1. The number of carbonyl (C=O) groups excluding carboxylic acids is 1. The monoisotopic (exact) mass is 334 g/mol. The molecule has 2 fully saturated rings. The number of rotatable bonds is 6. The van der Waals surface area contributed by atoms with E-state index in [0.717, 1.165) is 55.2 Å². The van der Waals surface area contributed by atoms with E-state index >= 15 is 0 Å². The number of hydrogen-bond donors (Lipinski definition) is 1. The molecule has 1 N–H and O–H groups in total. The average Bonchev–Trinajstić information content (AvgIpc) is 3.11. The van der Waals surface area contributed by atoms with Crippen LogP contribution in [-0.2, 0) is 4.79 Å². The lowest BCUT2D eigenvalue weighted by atomic mass is 10.2. The Balaban J connectivity index is 1.17. The average molecular weight is 334 g/mol. The van der Waals surface area contributed by atoms with Crippen LogP contribution < -0.4 is 10.2 Å². The standard InChI is InChI=1S/C20H22N4O/c25-20(7-6-15-4-3-9-21-12-15)23-11-8-16-17-13-24(14-18(16)17)19-5-1-2-10-22-19/h1-7,9-10,12,16-18H,8,11,13-14H2,(H,23,25)/b7-6+. The van der Waals surface area contributed by atoms with Crippen LogP contribution in [0.5, 0.6) is 0 Å². The van der Waals surface area contributed by atoms with Crippen molar-refractivity contribution in [3.05, 3.63) is 60.6 Å². The van der Waals surface area contributed by atoms with Gasteiger partial charge in [0, 0.05) is 44.3 Å². The molecule has 2 aromatic heterocycles. The van der Waals surface area contributed by atoms with Gasteiger partial charge in [0.1, 0.15) is 5.82 Å². The lowest BCUT2D eigenvalue weighted by Gasteiger charge is -2.20. The molecule has 2 aromatic rings. The van der Waals surface area contributed by atoms with Crippen molar-refractivity contribution in [2.45, 2.75) is 6.42 Å². The Labute approximate surface area is 147 Å². The van der Waals surface area contributed by atoms with Crippen molar-refractivity contribution >= 4 is 17.8 Å². The van der Waals surface area contributed by atoms with Gasteiger partial charge in [-0.3, -0.25) is 9.78 Å². The molecule has 2 unspecified atom stereocenters. The fraction of sp³-hybridized carbons (Fsp3) is 0.350. The summed E-state index contributed by atoms with van der Waals surface area (Å²) in [6.07, 6.45) is 9.75. The van der Waals surface area contributed by atoms with E-state index in [-0.39, 0.29) is 5.91 Å². The molecule has 0 aromatic carbocycles. The number of aromatic nitrogens is 2. The second kappa shape index (κ2) is 7.05. The number of carbonyl (C=O) groups is 1. The van der Waals surface area contributed by atoms with E-state index < -0.39 is 0 Å². The highest BCUT2D eigenvalue weighted by Gasteiger charge is 2.55. The van der Waals surface area contributed by atoms with E-state index in [9.17, 15) is 4.79 Å². The Morgan fingerprint density at radius 2 is 2.08 bits per heavy atom. The molecule has 1 amide bonds. The topological polar surface area (TPSA) is 58.1 Å². The van der Waals surface area contributed by atoms with E-state index in [0.29, 0.717) is 0 Å². The Hall–Kier alpha value is -2.69. The third-order valence-corrected chi connectivity index (χ3v) is 5.23. The summed E-state index contributed by atoms with van der Waals surface area (Å²) >= 11 is 0. The number of hydrogen-bond acceptors (Lipinski definition) is 4. The molecule has 25 heavy (non-hydrogen) atoms. The first-order chi connectivity index (χ1) is 12.3. The number of amides is 1. The maximum absolute atomic E-state index is 11.9. The number of piperidine rings is 1. The summed E-state index contributed by atoms with van der Waals surface area (Å²) in [5.74, 6) is 3.34. The maximum atomic E-state index is 11.9. The van der Waals surface area contributed by atoms with Gasteiger partial charge in [0.15, 0.2) is 0 Å². The van der Waals surface area contributed by atoms with E-state index in [1.807, 2.05) is 30.5 Å². The minimum atomic E-state index is -0.0372. The van der Waals surface area contributed by atoms with Gasteiger partial charge in [-0.1, -0.05) is 12.1 Å². The van der Waals surface area contributed by atoms with Gasteiger partial charge in [0.25, 0.3) is 0 Å². The lowest BCUT2D eigenvalue weighted by Crippen LogP contribution is -2.27. The van der Waals surface area contributed by atoms with E-state index in [1.54, 1.807) is 24.5 Å². The van der Waals surface area contributed by atoms with Crippen molar-refractivity contribution in [2.24, 2.45) is 17.8 Å². The van der Waals surface area contributed by atoms with Gasteiger partial charge in [0.05, 0.1) is 0 Å². The van der Waals surface area contributed by atoms with Crippen molar-refractivity contribution in [2.75, 3.05) is 24.5 Å². The molecule has 128 valence electrons. The molecule has 1 saturated heterocycles. The molecule has 1 saturated carbocycles. The van der Waals surface area contributed by atoms with Gasteiger partial charge in [0.2, 0.25) is 5.91 Å². The van der Waals surface area contributed by atoms with Gasteiger partial charge in [-0.25, -0.2) is 4.98 Å². The molecule has 1 aliphatic carbocycles. The van der Waals surface area contributed by atoms with Gasteiger partial charge >= 0.3 is 0 Å². The minimum absolute atomic E-state index is 0.0372. The summed E-state index contributed by atoms with van der Waals surface area (Å²) in [4.78, 5) is 22.7. The molecule has 0 radical (unpaired) electrons. The molecular formula is C20H22N4O. The van der Waals surface area contributed by atoms with E-state index in [4.69, 9.17) is 0 Å². The first-order valence-electron chi connectivity index (χ1n) is 8.83. The lowest BCUT2D eigenvalue weighted by molar-refractivity contribution is -0.116. The van der Waals surface area contributed by atoms with E-state index in [2.05, 4.69) is 26.3 Å². The highest BCUT2D eigenvalue weighted by Crippen LogP contribution is 2.53. The molecule has 5 nitrogen and oxygen atoms in total. The Kier molecular flexibility index (Phi) is 4.46. The quantitative estimate of drug-likeness (QED) is 0.824. The summed E-state index contributed by atoms with van der Waals surface area (Å²) in [5.41, 5.74) is 0.934. The van der Waals surface area contributed by atoms with E-state index in [1.165, 1.54) is 0 Å². The van der Waals surface area contributed by atoms with Gasteiger partial charge < -0.3 is 10.2 Å². The summed E-state index contributed by atoms with van der Waals surface area (Å²) in [6.45, 7) is 2.94. The van der Waals surface area contributed by atoms with Gasteiger partial charge in [-0.2, -0.15) is 0 Å². The van der Waals surface area contributed by atoms with Gasteiger partial charge in [-0.15, -0.1) is 0 Å². The van der Waals surface area contributed by atoms with Crippen LogP contribution >= 0.6 is 0 Å². The second-order valence-corrected chi connectivity index (χ2v) is 6.78. The zero-order valence-electron chi connectivity index (χ0n) is 14.1. The molecule has 4 rings (SSSR count). The number of pyridine rings is 2. The normalized spacial score (nSPS) is 24.3. The third-order valence-electron chi connectivity index (χ3n) is 5.23. The van der Waals surface area contributed by atoms with Gasteiger partial charge in [-0.05, 0) is 54.0 Å². The summed E-state index contributed by atoms with van der Waals surface area (Å²) in [5, 5.41) is 2.98. The third kappa shape index (κ3) is 3.71. The predicted octanol–water partition coefficient (Wildman–Crippen LogP) is 2.38. The van der Waals surface area contributed by atoms with Crippen LogP contribution in [0.1, 0.15) is 12.0 Å². The zero-order chi connectivity index (χ0) is 17.1. The summed E-state index contributed by atoms with van der Waals surface area (Å²) in [7, 11) is 0. The molecule has 5 heteroatoms. The minimum Gasteiger partial charge on any atom is -0.356 e. The Morgan fingerprint density at radius 1 is 1.20 bits per heavy atom. The first-order valence-corrected chi connectivity index (χ1v) is 8.83. The first kappa shape index (κ1) is 15.8. The number of nitrogens with one attached hydrogen (secondary N) is 1. The van der Waals surface area contributed by atoms with Crippen LogP contribution in [-0.4, -0.2) is 35.5 Å². The van der Waals surface area contributed by atoms with Crippen molar-refractivity contribution in [3.63, 3.8) is 0 Å². The van der Waals surface area contributed by atoms with Crippen molar-refractivity contribution < 1.29 is 4.79 Å².